The van der Waals surface area contributed by atoms with Crippen LogP contribution in [0.5, 0.6) is 0 Å². The van der Waals surface area contributed by atoms with Crippen LogP contribution >= 0.6 is 0 Å². The molecule has 100 valence electrons. The average Bonchev–Trinajstić information content (AvgIpc) is 2.40. The summed E-state index contributed by atoms with van der Waals surface area (Å²) in [6.45, 7) is 7.77. The lowest BCUT2D eigenvalue weighted by atomic mass is 10.1. The number of β-amino-alcohol motifs (C(OH)–C–C–N with tert-alkyl or cyclic N) is 1. The summed E-state index contributed by atoms with van der Waals surface area (Å²) in [5.74, 6) is 0. The van der Waals surface area contributed by atoms with Crippen LogP contribution in [0.3, 0.4) is 0 Å². The van der Waals surface area contributed by atoms with Gasteiger partial charge in [0.15, 0.2) is 0 Å². The molecule has 0 spiro atoms. The highest BCUT2D eigenvalue weighted by Crippen LogP contribution is 2.22. The zero-order valence-electron chi connectivity index (χ0n) is 11.1. The minimum absolute atomic E-state index is 0.249. The van der Waals surface area contributed by atoms with Gasteiger partial charge in [-0.25, -0.2) is 0 Å². The number of rotatable bonds is 4. The van der Waals surface area contributed by atoms with Gasteiger partial charge in [0, 0.05) is 45.0 Å². The molecule has 0 amide bonds. The lowest BCUT2D eigenvalue weighted by Crippen LogP contribution is -2.47. The van der Waals surface area contributed by atoms with Crippen molar-refractivity contribution in [3.8, 4) is 0 Å². The number of aliphatic hydroxyl groups is 1. The molecule has 3 N–H and O–H groups in total. The zero-order chi connectivity index (χ0) is 13.0. The molecule has 0 unspecified atom stereocenters. The molecule has 1 aromatic carbocycles. The third-order valence-electron chi connectivity index (χ3n) is 3.58. The van der Waals surface area contributed by atoms with E-state index in [0.717, 1.165) is 32.7 Å². The predicted octanol–water partition coefficient (Wildman–Crippen LogP) is 0.568. The third kappa shape index (κ3) is 3.02. The summed E-state index contributed by atoms with van der Waals surface area (Å²) in [6, 6.07) is 6.50. The maximum atomic E-state index is 8.94. The molecule has 0 atom stereocenters. The van der Waals surface area contributed by atoms with Gasteiger partial charge in [0.1, 0.15) is 0 Å². The first-order valence-corrected chi connectivity index (χ1v) is 6.62. The summed E-state index contributed by atoms with van der Waals surface area (Å²) in [4.78, 5) is 4.70. The van der Waals surface area contributed by atoms with Crippen molar-refractivity contribution in [1.29, 1.82) is 0 Å². The minimum atomic E-state index is 0.249. The second-order valence-electron chi connectivity index (χ2n) is 4.89. The molecule has 1 heterocycles. The number of nitrogens with zero attached hydrogens (tertiary/aromatic N) is 2. The molecule has 4 heteroatoms. The van der Waals surface area contributed by atoms with Crippen LogP contribution in [-0.4, -0.2) is 49.3 Å². The predicted molar refractivity (Wildman–Crippen MR) is 74.8 cm³/mol. The quantitative estimate of drug-likeness (QED) is 0.819. The molecule has 4 nitrogen and oxygen atoms in total. The Morgan fingerprint density at radius 2 is 1.94 bits per heavy atom. The molecule has 18 heavy (non-hydrogen) atoms. The molecule has 1 aromatic rings. The Labute approximate surface area is 109 Å². The number of hydrogen-bond acceptors (Lipinski definition) is 4. The number of anilines is 1. The molecule has 0 saturated carbocycles. The Hall–Kier alpha value is -1.10. The van der Waals surface area contributed by atoms with Crippen molar-refractivity contribution in [3.63, 3.8) is 0 Å². The first-order chi connectivity index (χ1) is 8.74. The second kappa shape index (κ2) is 6.18. The molecule has 1 aliphatic heterocycles. The van der Waals surface area contributed by atoms with Gasteiger partial charge in [-0.3, -0.25) is 4.90 Å². The van der Waals surface area contributed by atoms with E-state index in [-0.39, 0.29) is 6.61 Å². The van der Waals surface area contributed by atoms with Crippen molar-refractivity contribution < 1.29 is 5.11 Å². The number of hydrogen-bond donors (Lipinski definition) is 2. The number of aryl methyl sites for hydroxylation is 1. The SMILES string of the molecule is Cc1ccc(N2CCN(CCO)CC2)c(CN)c1. The number of aliphatic hydroxyl groups excluding tert-OH is 1. The average molecular weight is 249 g/mol. The van der Waals surface area contributed by atoms with Crippen LogP contribution in [-0.2, 0) is 6.54 Å². The fourth-order valence-corrected chi connectivity index (χ4v) is 2.54. The zero-order valence-corrected chi connectivity index (χ0v) is 11.1. The lowest BCUT2D eigenvalue weighted by molar-refractivity contribution is 0.188. The fourth-order valence-electron chi connectivity index (χ4n) is 2.54. The summed E-state index contributed by atoms with van der Waals surface area (Å²) >= 11 is 0. The molecular weight excluding hydrogens is 226 g/mol. The summed E-state index contributed by atoms with van der Waals surface area (Å²) in [5.41, 5.74) is 9.59. The molecule has 0 radical (unpaired) electrons. The monoisotopic (exact) mass is 249 g/mol. The van der Waals surface area contributed by atoms with E-state index < -0.39 is 0 Å². The van der Waals surface area contributed by atoms with E-state index >= 15 is 0 Å². The van der Waals surface area contributed by atoms with Gasteiger partial charge >= 0.3 is 0 Å². The molecule has 1 aliphatic rings. The topological polar surface area (TPSA) is 52.7 Å². The maximum absolute atomic E-state index is 8.94. The normalized spacial score (nSPS) is 17.2. The van der Waals surface area contributed by atoms with Crippen LogP contribution in [0.25, 0.3) is 0 Å². The van der Waals surface area contributed by atoms with Gasteiger partial charge in [0.25, 0.3) is 0 Å². The van der Waals surface area contributed by atoms with Crippen LogP contribution in [0.1, 0.15) is 11.1 Å². The van der Waals surface area contributed by atoms with Crippen molar-refractivity contribution in [1.82, 2.24) is 4.90 Å². The van der Waals surface area contributed by atoms with E-state index in [2.05, 4.69) is 34.9 Å². The van der Waals surface area contributed by atoms with E-state index in [0.29, 0.717) is 6.54 Å². The summed E-state index contributed by atoms with van der Waals surface area (Å²) in [5, 5.41) is 8.94. The van der Waals surface area contributed by atoms with Crippen molar-refractivity contribution >= 4 is 5.69 Å². The van der Waals surface area contributed by atoms with Crippen molar-refractivity contribution in [2.24, 2.45) is 5.73 Å². The molecule has 2 rings (SSSR count). The summed E-state index contributed by atoms with van der Waals surface area (Å²) < 4.78 is 0. The minimum Gasteiger partial charge on any atom is -0.395 e. The van der Waals surface area contributed by atoms with E-state index in [4.69, 9.17) is 10.8 Å². The largest absolute Gasteiger partial charge is 0.395 e. The van der Waals surface area contributed by atoms with Crippen LogP contribution < -0.4 is 10.6 Å². The first kappa shape index (κ1) is 13.3. The van der Waals surface area contributed by atoms with Crippen molar-refractivity contribution in [3.05, 3.63) is 29.3 Å². The first-order valence-electron chi connectivity index (χ1n) is 6.62. The Bertz CT molecular complexity index is 387. The number of nitrogens with two attached hydrogens (primary N) is 1. The Morgan fingerprint density at radius 3 is 2.56 bits per heavy atom. The summed E-state index contributed by atoms with van der Waals surface area (Å²) in [7, 11) is 0. The molecule has 1 saturated heterocycles. The fraction of sp³-hybridized carbons (Fsp3) is 0.571. The molecule has 0 aromatic heterocycles. The van der Waals surface area contributed by atoms with Gasteiger partial charge in [-0.05, 0) is 18.6 Å². The Balaban J connectivity index is 2.05. The molecule has 1 fully saturated rings. The van der Waals surface area contributed by atoms with Crippen LogP contribution in [0.4, 0.5) is 5.69 Å². The van der Waals surface area contributed by atoms with Crippen LogP contribution in [0.2, 0.25) is 0 Å². The van der Waals surface area contributed by atoms with Gasteiger partial charge in [-0.1, -0.05) is 17.7 Å². The highest BCUT2D eigenvalue weighted by atomic mass is 16.3. The molecular formula is C14H23N3O. The highest BCUT2D eigenvalue weighted by molar-refractivity contribution is 5.55. The van der Waals surface area contributed by atoms with Crippen LogP contribution in [0, 0.1) is 6.92 Å². The number of piperazine rings is 1. The van der Waals surface area contributed by atoms with E-state index in [1.54, 1.807) is 0 Å². The lowest BCUT2D eigenvalue weighted by Gasteiger charge is -2.36. The standard InChI is InChI=1S/C14H23N3O/c1-12-2-3-14(13(10-12)11-15)17-6-4-16(5-7-17)8-9-18/h2-3,10,18H,4-9,11,15H2,1H3. The number of benzene rings is 1. The van der Waals surface area contributed by atoms with Gasteiger partial charge in [0.05, 0.1) is 6.61 Å². The van der Waals surface area contributed by atoms with Gasteiger partial charge in [-0.15, -0.1) is 0 Å². The molecule has 0 aliphatic carbocycles. The smallest absolute Gasteiger partial charge is 0.0558 e. The highest BCUT2D eigenvalue weighted by Gasteiger charge is 2.18. The van der Waals surface area contributed by atoms with E-state index in [9.17, 15) is 0 Å². The van der Waals surface area contributed by atoms with Crippen molar-refractivity contribution in [2.75, 3.05) is 44.2 Å². The summed E-state index contributed by atoms with van der Waals surface area (Å²) in [6.07, 6.45) is 0. The molecule has 0 bridgehead atoms. The van der Waals surface area contributed by atoms with Gasteiger partial charge in [-0.2, -0.15) is 0 Å². The Morgan fingerprint density at radius 1 is 1.22 bits per heavy atom. The van der Waals surface area contributed by atoms with Crippen LogP contribution in [0.15, 0.2) is 18.2 Å². The van der Waals surface area contributed by atoms with E-state index in [1.165, 1.54) is 16.8 Å². The van der Waals surface area contributed by atoms with E-state index in [1.807, 2.05) is 0 Å². The maximum Gasteiger partial charge on any atom is 0.0558 e. The second-order valence-corrected chi connectivity index (χ2v) is 4.89. The van der Waals surface area contributed by atoms with Gasteiger partial charge < -0.3 is 15.7 Å². The van der Waals surface area contributed by atoms with Gasteiger partial charge in [0.2, 0.25) is 0 Å². The Kier molecular flexibility index (Phi) is 4.58. The van der Waals surface area contributed by atoms with Crippen molar-refractivity contribution in [2.45, 2.75) is 13.5 Å². The third-order valence-corrected chi connectivity index (χ3v) is 3.58.